The largest absolute Gasteiger partial charge is 0.402 e. The average Bonchev–Trinajstić information content (AvgIpc) is 3.56. The van der Waals surface area contributed by atoms with Crippen LogP contribution in [0.5, 0.6) is 0 Å². The Balaban J connectivity index is 0.000000371. The Kier molecular flexibility index (Phi) is 13.1. The SMILES string of the molecule is CCCOC(C)CC(C)CC.C[B]n1ccc(C(=O)NCC(=O)Nc2nc(-c3cccc(C)c3)cs2)c1. The van der Waals surface area contributed by atoms with E-state index in [0.29, 0.717) is 16.8 Å². The molecule has 2 unspecified atom stereocenters. The summed E-state index contributed by atoms with van der Waals surface area (Å²) in [5.41, 5.74) is 3.48. The molecule has 0 bridgehead atoms. The molecule has 37 heavy (non-hydrogen) atoms. The third kappa shape index (κ3) is 10.9. The van der Waals surface area contributed by atoms with Crippen LogP contribution in [-0.2, 0) is 9.53 Å². The van der Waals surface area contributed by atoms with Crippen LogP contribution in [0.3, 0.4) is 0 Å². The van der Waals surface area contributed by atoms with Gasteiger partial charge in [0.15, 0.2) is 5.13 Å². The number of hydrogen-bond donors (Lipinski definition) is 2. The van der Waals surface area contributed by atoms with Gasteiger partial charge in [-0.05, 0) is 50.9 Å². The van der Waals surface area contributed by atoms with Crippen molar-refractivity contribution in [2.45, 2.75) is 66.8 Å². The molecule has 9 heteroatoms. The normalized spacial score (nSPS) is 12.2. The highest BCUT2D eigenvalue weighted by atomic mass is 32.1. The van der Waals surface area contributed by atoms with Gasteiger partial charge < -0.3 is 19.8 Å². The highest BCUT2D eigenvalue weighted by Gasteiger charge is 2.12. The standard InChI is InChI=1S/C18H18BN4O2S.C10H22O/c1-12-4-3-5-13(8-12)15-11-26-18(21-15)22-16(24)9-20-17(25)14-6-7-23(10-14)19-2;1-5-7-11-10(4)8-9(3)6-2/h3-8,10-11H,9H2,1-2H3,(H,20,25)(H,21,22,24);9-10H,5-8H2,1-4H3. The number of aromatic nitrogens is 2. The van der Waals surface area contributed by atoms with Crippen LogP contribution in [0.25, 0.3) is 11.3 Å². The molecule has 2 heterocycles. The predicted molar refractivity (Wildman–Crippen MR) is 154 cm³/mol. The predicted octanol–water partition coefficient (Wildman–Crippen LogP) is 6.04. The first kappa shape index (κ1) is 30.3. The second kappa shape index (κ2) is 16.0. The maximum atomic E-state index is 12.0. The first-order chi connectivity index (χ1) is 17.7. The molecule has 0 aliphatic rings. The lowest BCUT2D eigenvalue weighted by Crippen LogP contribution is -2.32. The van der Waals surface area contributed by atoms with Crippen LogP contribution in [0.2, 0.25) is 6.82 Å². The first-order valence-electron chi connectivity index (χ1n) is 12.9. The zero-order valence-corrected chi connectivity index (χ0v) is 23.7. The highest BCUT2D eigenvalue weighted by molar-refractivity contribution is 7.14. The van der Waals surface area contributed by atoms with Crippen molar-refractivity contribution in [3.05, 3.63) is 59.2 Å². The van der Waals surface area contributed by atoms with Crippen LogP contribution in [-0.4, -0.2) is 47.9 Å². The molecule has 199 valence electrons. The van der Waals surface area contributed by atoms with Gasteiger partial charge in [0.05, 0.1) is 23.9 Å². The lowest BCUT2D eigenvalue weighted by atomic mass is 10.0. The van der Waals surface area contributed by atoms with E-state index < -0.39 is 0 Å². The van der Waals surface area contributed by atoms with Crippen LogP contribution in [0.15, 0.2) is 48.1 Å². The maximum Gasteiger partial charge on any atom is 0.253 e. The lowest BCUT2D eigenvalue weighted by molar-refractivity contribution is -0.115. The molecule has 2 atom stereocenters. The molecule has 2 N–H and O–H groups in total. The van der Waals surface area contributed by atoms with E-state index in [-0.39, 0.29) is 18.4 Å². The van der Waals surface area contributed by atoms with Crippen LogP contribution < -0.4 is 10.6 Å². The number of carbonyl (C=O) groups is 2. The van der Waals surface area contributed by atoms with E-state index in [0.717, 1.165) is 35.8 Å². The van der Waals surface area contributed by atoms with Gasteiger partial charge in [-0.1, -0.05) is 57.8 Å². The second-order valence-corrected chi connectivity index (χ2v) is 10.0. The van der Waals surface area contributed by atoms with E-state index >= 15 is 0 Å². The topological polar surface area (TPSA) is 85.2 Å². The molecule has 7 nitrogen and oxygen atoms in total. The Hall–Kier alpha value is -2.91. The van der Waals surface area contributed by atoms with Crippen LogP contribution in [0.1, 0.15) is 62.9 Å². The summed E-state index contributed by atoms with van der Waals surface area (Å²) in [4.78, 5) is 28.5. The minimum atomic E-state index is -0.315. The Bertz CT molecular complexity index is 1110. The van der Waals surface area contributed by atoms with Crippen molar-refractivity contribution in [2.24, 2.45) is 5.92 Å². The second-order valence-electron chi connectivity index (χ2n) is 9.17. The number of anilines is 1. The van der Waals surface area contributed by atoms with E-state index in [1.807, 2.05) is 50.8 Å². The fraction of sp³-hybridized carbons (Fsp3) is 0.464. The summed E-state index contributed by atoms with van der Waals surface area (Å²) in [6, 6.07) is 9.71. The van der Waals surface area contributed by atoms with Gasteiger partial charge in [-0.15, -0.1) is 11.3 Å². The highest BCUT2D eigenvalue weighted by Crippen LogP contribution is 2.25. The molecule has 0 saturated heterocycles. The number of amides is 2. The van der Waals surface area contributed by atoms with Gasteiger partial charge in [0.2, 0.25) is 13.3 Å². The Morgan fingerprint density at radius 3 is 2.65 bits per heavy atom. The van der Waals surface area contributed by atoms with Crippen molar-refractivity contribution in [3.8, 4) is 11.3 Å². The Morgan fingerprint density at radius 1 is 1.22 bits per heavy atom. The fourth-order valence-electron chi connectivity index (χ4n) is 3.52. The number of thiazole rings is 1. The van der Waals surface area contributed by atoms with E-state index in [1.54, 1.807) is 22.9 Å². The molecule has 3 rings (SSSR count). The van der Waals surface area contributed by atoms with Crippen LogP contribution >= 0.6 is 11.3 Å². The van der Waals surface area contributed by atoms with Crippen molar-refractivity contribution < 1.29 is 14.3 Å². The summed E-state index contributed by atoms with van der Waals surface area (Å²) in [6.45, 7) is 13.5. The van der Waals surface area contributed by atoms with E-state index in [2.05, 4.69) is 43.3 Å². The number of nitrogens with one attached hydrogen (secondary N) is 2. The summed E-state index contributed by atoms with van der Waals surface area (Å²) in [5, 5.41) is 7.72. The molecular weight excluding hydrogens is 483 g/mol. The molecule has 0 aliphatic heterocycles. The fourth-order valence-corrected chi connectivity index (χ4v) is 4.26. The Labute approximate surface area is 226 Å². The summed E-state index contributed by atoms with van der Waals surface area (Å²) >= 11 is 1.35. The van der Waals surface area contributed by atoms with Gasteiger partial charge in [-0.3, -0.25) is 9.59 Å². The molecular formula is C28H40BN4O3S. The number of rotatable bonds is 12. The third-order valence-corrected chi connectivity index (χ3v) is 6.54. The van der Waals surface area contributed by atoms with Crippen molar-refractivity contribution in [3.63, 3.8) is 0 Å². The van der Waals surface area contributed by atoms with Crippen LogP contribution in [0, 0.1) is 12.8 Å². The quantitative estimate of drug-likeness (QED) is 0.284. The molecule has 3 aromatic rings. The zero-order valence-electron chi connectivity index (χ0n) is 22.9. The molecule has 0 fully saturated rings. The molecule has 2 aromatic heterocycles. The molecule has 1 radical (unpaired) electrons. The van der Waals surface area contributed by atoms with Crippen molar-refractivity contribution >= 4 is 35.7 Å². The molecule has 0 aliphatic carbocycles. The minimum Gasteiger partial charge on any atom is -0.402 e. The van der Waals surface area contributed by atoms with Crippen molar-refractivity contribution in [1.29, 1.82) is 0 Å². The summed E-state index contributed by atoms with van der Waals surface area (Å²) in [6.07, 6.45) is 7.52. The summed E-state index contributed by atoms with van der Waals surface area (Å²) in [7, 11) is 1.83. The maximum absolute atomic E-state index is 12.0. The minimum absolute atomic E-state index is 0.112. The summed E-state index contributed by atoms with van der Waals surface area (Å²) in [5.74, 6) is 0.201. The zero-order chi connectivity index (χ0) is 27.2. The number of ether oxygens (including phenoxy) is 1. The van der Waals surface area contributed by atoms with E-state index in [9.17, 15) is 9.59 Å². The molecule has 2 amide bonds. The number of carbonyl (C=O) groups excluding carboxylic acids is 2. The third-order valence-electron chi connectivity index (χ3n) is 5.79. The smallest absolute Gasteiger partial charge is 0.253 e. The molecule has 1 aromatic carbocycles. The number of aryl methyl sites for hydroxylation is 1. The Morgan fingerprint density at radius 2 is 2.00 bits per heavy atom. The number of hydrogen-bond acceptors (Lipinski definition) is 5. The lowest BCUT2D eigenvalue weighted by Gasteiger charge is -2.15. The van der Waals surface area contributed by atoms with Crippen molar-refractivity contribution in [1.82, 2.24) is 14.8 Å². The number of nitrogens with zero attached hydrogens (tertiary/aromatic N) is 2. The monoisotopic (exact) mass is 523 g/mol. The molecule has 0 saturated carbocycles. The van der Waals surface area contributed by atoms with Gasteiger partial charge >= 0.3 is 0 Å². The van der Waals surface area contributed by atoms with Gasteiger partial charge in [0.25, 0.3) is 5.91 Å². The van der Waals surface area contributed by atoms with E-state index in [4.69, 9.17) is 4.74 Å². The van der Waals surface area contributed by atoms with Crippen LogP contribution in [0.4, 0.5) is 5.13 Å². The average molecular weight is 524 g/mol. The first-order valence-corrected chi connectivity index (χ1v) is 13.8. The molecule has 0 spiro atoms. The van der Waals surface area contributed by atoms with Gasteiger partial charge in [0.1, 0.15) is 0 Å². The van der Waals surface area contributed by atoms with E-state index in [1.165, 1.54) is 24.2 Å². The van der Waals surface area contributed by atoms with Gasteiger partial charge in [-0.2, -0.15) is 0 Å². The van der Waals surface area contributed by atoms with Gasteiger partial charge in [0, 0.05) is 23.7 Å². The number of benzene rings is 1. The van der Waals surface area contributed by atoms with Gasteiger partial charge in [-0.25, -0.2) is 4.98 Å². The summed E-state index contributed by atoms with van der Waals surface area (Å²) < 4.78 is 7.34. The van der Waals surface area contributed by atoms with Crippen molar-refractivity contribution in [2.75, 3.05) is 18.5 Å².